The van der Waals surface area contributed by atoms with Gasteiger partial charge in [0.05, 0.1) is 16.1 Å². The predicted molar refractivity (Wildman–Crippen MR) is 120 cm³/mol. The molecule has 7 nitrogen and oxygen atoms in total. The molecule has 0 spiro atoms. The van der Waals surface area contributed by atoms with Crippen molar-refractivity contribution in [2.45, 2.75) is 55.3 Å². The van der Waals surface area contributed by atoms with Crippen LogP contribution in [0.1, 0.15) is 51.0 Å². The van der Waals surface area contributed by atoms with E-state index in [0.29, 0.717) is 33.1 Å². The van der Waals surface area contributed by atoms with Crippen molar-refractivity contribution in [3.8, 4) is 0 Å². The topological polar surface area (TPSA) is 72.6 Å². The second-order valence-electron chi connectivity index (χ2n) is 7.99. The highest BCUT2D eigenvalue weighted by Crippen LogP contribution is 2.35. The minimum absolute atomic E-state index is 0.190. The molecule has 0 aliphatic carbocycles. The summed E-state index contributed by atoms with van der Waals surface area (Å²) in [6, 6.07) is 5.41. The molecule has 1 aromatic carbocycles. The second-order valence-corrected chi connectivity index (χ2v) is 11.0. The Kier molecular flexibility index (Phi) is 6.16. The lowest BCUT2D eigenvalue weighted by Crippen LogP contribution is -2.37. The molecule has 0 bridgehead atoms. The molecule has 3 heterocycles. The minimum Gasteiger partial charge on any atom is -0.444 e. The molecule has 0 radical (unpaired) electrons. The number of carbonyl (C=O) groups is 1. The lowest BCUT2D eigenvalue weighted by atomic mass is 10.2. The molecular weight excluding hydrogens is 465 g/mol. The van der Waals surface area contributed by atoms with Gasteiger partial charge < -0.3 is 4.74 Å². The average Bonchev–Trinajstić information content (AvgIpc) is 3.36. The molecule has 0 N–H and O–H groups in total. The molecule has 1 fully saturated rings. The third-order valence-electron chi connectivity index (χ3n) is 4.52. The first-order chi connectivity index (χ1) is 14.2. The average molecular weight is 486 g/mol. The van der Waals surface area contributed by atoms with Crippen molar-refractivity contribution in [3.05, 3.63) is 39.6 Å². The van der Waals surface area contributed by atoms with Gasteiger partial charge in [-0.25, -0.2) is 4.79 Å². The zero-order valence-corrected chi connectivity index (χ0v) is 19.9. The van der Waals surface area contributed by atoms with Gasteiger partial charge in [0.25, 0.3) is 0 Å². The van der Waals surface area contributed by atoms with Crippen molar-refractivity contribution in [1.82, 2.24) is 24.7 Å². The Hall–Kier alpha value is -1.55. The van der Waals surface area contributed by atoms with Gasteiger partial charge in [-0.3, -0.25) is 4.90 Å². The van der Waals surface area contributed by atoms with E-state index in [9.17, 15) is 4.79 Å². The quantitative estimate of drug-likeness (QED) is 0.431. The Labute approximate surface area is 192 Å². The van der Waals surface area contributed by atoms with Crippen molar-refractivity contribution in [2.24, 2.45) is 0 Å². The predicted octanol–water partition coefficient (Wildman–Crippen LogP) is 5.86. The van der Waals surface area contributed by atoms with E-state index in [1.54, 1.807) is 27.2 Å². The van der Waals surface area contributed by atoms with Crippen LogP contribution in [0.4, 0.5) is 4.79 Å². The number of hydrogen-bond donors (Lipinski definition) is 0. The molecule has 0 saturated carbocycles. The third kappa shape index (κ3) is 4.69. The zero-order valence-electron chi connectivity index (χ0n) is 16.8. The highest BCUT2D eigenvalue weighted by molar-refractivity contribution is 8.00. The lowest BCUT2D eigenvalue weighted by molar-refractivity contribution is 0.0217. The first-order valence-corrected chi connectivity index (χ1v) is 12.1. The maximum atomic E-state index is 12.6. The number of aromatic nitrogens is 4. The van der Waals surface area contributed by atoms with Crippen LogP contribution in [0.3, 0.4) is 0 Å². The summed E-state index contributed by atoms with van der Waals surface area (Å²) in [5, 5.41) is 14.3. The minimum atomic E-state index is -0.542. The van der Waals surface area contributed by atoms with E-state index in [1.165, 1.54) is 11.3 Å². The number of thioether (sulfide) groups is 1. The molecule has 1 unspecified atom stereocenters. The summed E-state index contributed by atoms with van der Waals surface area (Å²) in [7, 11) is 0. The Morgan fingerprint density at radius 1 is 1.30 bits per heavy atom. The molecule has 4 rings (SSSR count). The normalized spacial score (nSPS) is 17.1. The molecule has 1 atom stereocenters. The number of likely N-dealkylation sites (tertiary alicyclic amines) is 1. The van der Waals surface area contributed by atoms with Gasteiger partial charge in [-0.1, -0.05) is 52.4 Å². The third-order valence-corrected chi connectivity index (χ3v) is 7.36. The summed E-state index contributed by atoms with van der Waals surface area (Å²) >= 11 is 15.1. The van der Waals surface area contributed by atoms with Crippen LogP contribution in [0, 0.1) is 0 Å². The fourth-order valence-corrected chi connectivity index (χ4v) is 5.38. The summed E-state index contributed by atoms with van der Waals surface area (Å²) in [6.07, 6.45) is 1.37. The van der Waals surface area contributed by atoms with Crippen LogP contribution < -0.4 is 0 Å². The number of rotatable bonds is 4. The fraction of sp³-hybridized carbons (Fsp3) is 0.474. The number of amides is 1. The molecule has 11 heteroatoms. The van der Waals surface area contributed by atoms with Crippen LogP contribution >= 0.6 is 46.3 Å². The van der Waals surface area contributed by atoms with E-state index in [0.717, 1.165) is 22.7 Å². The lowest BCUT2D eigenvalue weighted by Gasteiger charge is -2.27. The Morgan fingerprint density at radius 2 is 2.10 bits per heavy atom. The fourth-order valence-electron chi connectivity index (χ4n) is 3.23. The van der Waals surface area contributed by atoms with E-state index in [1.807, 2.05) is 32.9 Å². The molecule has 2 aromatic heterocycles. The monoisotopic (exact) mass is 485 g/mol. The molecule has 1 aliphatic heterocycles. The number of hydrogen-bond acceptors (Lipinski definition) is 7. The van der Waals surface area contributed by atoms with E-state index in [-0.39, 0.29) is 12.1 Å². The molecule has 1 aliphatic rings. The molecule has 30 heavy (non-hydrogen) atoms. The summed E-state index contributed by atoms with van der Waals surface area (Å²) in [5.41, 5.74) is 0.520. The van der Waals surface area contributed by atoms with Gasteiger partial charge in [0.15, 0.2) is 10.2 Å². The summed E-state index contributed by atoms with van der Waals surface area (Å²) in [6.45, 7) is 6.23. The van der Waals surface area contributed by atoms with Gasteiger partial charge in [0.2, 0.25) is 4.96 Å². The zero-order chi connectivity index (χ0) is 21.5. The first-order valence-electron chi connectivity index (χ1n) is 9.50. The Balaban J connectivity index is 1.51. The number of ether oxygens (including phenoxy) is 1. The number of carbonyl (C=O) groups excluding carboxylic acids is 1. The number of fused-ring (bicyclic) bond motifs is 1. The smallest absolute Gasteiger partial charge is 0.410 e. The Bertz CT molecular complexity index is 1080. The van der Waals surface area contributed by atoms with Gasteiger partial charge in [-0.2, -0.15) is 4.52 Å². The van der Waals surface area contributed by atoms with Crippen LogP contribution in [0.25, 0.3) is 4.96 Å². The number of nitrogens with zero attached hydrogens (tertiary/aromatic N) is 5. The summed E-state index contributed by atoms with van der Waals surface area (Å²) in [4.78, 5) is 15.1. The van der Waals surface area contributed by atoms with E-state index in [2.05, 4.69) is 15.3 Å². The van der Waals surface area contributed by atoms with Crippen molar-refractivity contribution in [2.75, 3.05) is 6.54 Å². The van der Waals surface area contributed by atoms with E-state index < -0.39 is 5.60 Å². The molecule has 1 saturated heterocycles. The number of benzene rings is 1. The molecular formula is C19H21Cl2N5O2S2. The van der Waals surface area contributed by atoms with Crippen molar-refractivity contribution >= 4 is 57.4 Å². The van der Waals surface area contributed by atoms with Crippen molar-refractivity contribution in [3.63, 3.8) is 0 Å². The van der Waals surface area contributed by atoms with Gasteiger partial charge in [0.1, 0.15) is 5.60 Å². The molecule has 3 aromatic rings. The SMILES string of the molecule is CC(C)(C)OC(=O)N1CCCC1c1nnc2sc(SCc3ccc(Cl)c(Cl)c3)nn12. The first kappa shape index (κ1) is 21.7. The molecule has 160 valence electrons. The summed E-state index contributed by atoms with van der Waals surface area (Å²) < 4.78 is 8.17. The van der Waals surface area contributed by atoms with Crippen molar-refractivity contribution in [1.29, 1.82) is 0 Å². The van der Waals surface area contributed by atoms with Crippen LogP contribution in [0.2, 0.25) is 10.0 Å². The molecule has 1 amide bonds. The van der Waals surface area contributed by atoms with Crippen LogP contribution in [-0.2, 0) is 10.5 Å². The van der Waals surface area contributed by atoms with E-state index >= 15 is 0 Å². The van der Waals surface area contributed by atoms with Crippen LogP contribution in [0.5, 0.6) is 0 Å². The number of halogens is 2. The standard InChI is InChI=1S/C19H21Cl2N5O2S2/c1-19(2,3)28-18(27)25-8-4-5-14(25)15-22-23-16-26(15)24-17(30-16)29-10-11-6-7-12(20)13(21)9-11/h6-7,9,14H,4-5,8,10H2,1-3H3. The maximum Gasteiger partial charge on any atom is 0.410 e. The van der Waals surface area contributed by atoms with E-state index in [4.69, 9.17) is 27.9 Å². The van der Waals surface area contributed by atoms with Gasteiger partial charge in [-0.05, 0) is 51.3 Å². The van der Waals surface area contributed by atoms with Crippen molar-refractivity contribution < 1.29 is 9.53 Å². The highest BCUT2D eigenvalue weighted by Gasteiger charge is 2.36. The van der Waals surface area contributed by atoms with Gasteiger partial charge in [-0.15, -0.1) is 15.3 Å². The second kappa shape index (κ2) is 8.53. The van der Waals surface area contributed by atoms with Gasteiger partial charge >= 0.3 is 6.09 Å². The van der Waals surface area contributed by atoms with Crippen LogP contribution in [0.15, 0.2) is 22.5 Å². The maximum absolute atomic E-state index is 12.6. The highest BCUT2D eigenvalue weighted by atomic mass is 35.5. The largest absolute Gasteiger partial charge is 0.444 e. The van der Waals surface area contributed by atoms with Gasteiger partial charge in [0, 0.05) is 12.3 Å². The van der Waals surface area contributed by atoms with Crippen LogP contribution in [-0.4, -0.2) is 43.0 Å². The summed E-state index contributed by atoms with van der Waals surface area (Å²) in [5.74, 6) is 1.38. The Morgan fingerprint density at radius 3 is 2.83 bits per heavy atom.